The molecule has 0 radical (unpaired) electrons. The van der Waals surface area contributed by atoms with E-state index in [0.29, 0.717) is 0 Å². The van der Waals surface area contributed by atoms with Crippen LogP contribution in [0.3, 0.4) is 0 Å². The monoisotopic (exact) mass is 132 g/mol. The molecule has 5 N–H and O–H groups in total. The van der Waals surface area contributed by atoms with Gasteiger partial charge in [-0.2, -0.15) is 0 Å². The molecule has 0 aliphatic heterocycles. The first kappa shape index (κ1) is 8.88. The summed E-state index contributed by atoms with van der Waals surface area (Å²) in [6.07, 6.45) is 0. The maximum absolute atomic E-state index is 8.57. The average Bonchev–Trinajstić information content (AvgIpc) is 1.84. The summed E-state index contributed by atoms with van der Waals surface area (Å²) in [6.45, 7) is 3.84. The first-order valence-electron chi connectivity index (χ1n) is 3.21. The van der Waals surface area contributed by atoms with Crippen molar-refractivity contribution in [2.75, 3.05) is 6.61 Å². The zero-order valence-corrected chi connectivity index (χ0v) is 6.04. The maximum Gasteiger partial charge on any atom is 0.0585 e. The predicted octanol–water partition coefficient (Wildman–Crippen LogP) is -0.711. The molecule has 3 unspecified atom stereocenters. The summed E-state index contributed by atoms with van der Waals surface area (Å²) in [6, 6.07) is -0.114. The van der Waals surface area contributed by atoms with Gasteiger partial charge in [-0.3, -0.25) is 0 Å². The fraction of sp³-hybridized carbons (Fsp3) is 1.00. The summed E-state index contributed by atoms with van der Waals surface area (Å²) in [7, 11) is 0. The Morgan fingerprint density at radius 2 is 1.78 bits per heavy atom. The quantitative estimate of drug-likeness (QED) is 0.475. The van der Waals surface area contributed by atoms with E-state index >= 15 is 0 Å². The normalized spacial score (nSPS) is 21.0. The third kappa shape index (κ3) is 2.79. The largest absolute Gasteiger partial charge is 0.395 e. The third-order valence-corrected chi connectivity index (χ3v) is 1.72. The van der Waals surface area contributed by atoms with E-state index in [1.807, 2.05) is 13.8 Å². The van der Waals surface area contributed by atoms with E-state index < -0.39 is 0 Å². The van der Waals surface area contributed by atoms with E-state index in [0.717, 1.165) is 0 Å². The Bertz CT molecular complexity index is 75.5. The molecule has 0 saturated carbocycles. The van der Waals surface area contributed by atoms with Crippen LogP contribution in [-0.4, -0.2) is 23.8 Å². The minimum absolute atomic E-state index is 0.0166. The molecule has 56 valence electrons. The fourth-order valence-electron chi connectivity index (χ4n) is 0.556. The van der Waals surface area contributed by atoms with Gasteiger partial charge in [-0.1, -0.05) is 6.92 Å². The van der Waals surface area contributed by atoms with Crippen LogP contribution in [0.5, 0.6) is 0 Å². The molecule has 0 aromatic heterocycles. The van der Waals surface area contributed by atoms with Crippen LogP contribution in [0.15, 0.2) is 0 Å². The van der Waals surface area contributed by atoms with Gasteiger partial charge in [0, 0.05) is 12.1 Å². The molecule has 0 aromatic rings. The van der Waals surface area contributed by atoms with Crippen molar-refractivity contribution in [3.63, 3.8) is 0 Å². The highest BCUT2D eigenvalue weighted by atomic mass is 16.3. The van der Waals surface area contributed by atoms with Crippen molar-refractivity contribution in [3.05, 3.63) is 0 Å². The minimum Gasteiger partial charge on any atom is -0.395 e. The highest BCUT2D eigenvalue weighted by molar-refractivity contribution is 4.74. The summed E-state index contributed by atoms with van der Waals surface area (Å²) in [5, 5.41) is 8.57. The molecule has 0 aromatic carbocycles. The number of hydrogen-bond acceptors (Lipinski definition) is 3. The summed E-state index contributed by atoms with van der Waals surface area (Å²) in [4.78, 5) is 0. The summed E-state index contributed by atoms with van der Waals surface area (Å²) in [5.41, 5.74) is 11.0. The highest BCUT2D eigenvalue weighted by Crippen LogP contribution is 2.02. The van der Waals surface area contributed by atoms with Crippen molar-refractivity contribution >= 4 is 0 Å². The number of aliphatic hydroxyl groups is 1. The third-order valence-electron chi connectivity index (χ3n) is 1.72. The molecule has 0 rings (SSSR count). The molecule has 0 amide bonds. The average molecular weight is 132 g/mol. The van der Waals surface area contributed by atoms with E-state index in [2.05, 4.69) is 0 Å². The van der Waals surface area contributed by atoms with Gasteiger partial charge in [-0.05, 0) is 12.8 Å². The van der Waals surface area contributed by atoms with E-state index in [4.69, 9.17) is 16.6 Å². The molecule has 3 atom stereocenters. The van der Waals surface area contributed by atoms with E-state index in [1.165, 1.54) is 0 Å². The molecule has 3 nitrogen and oxygen atoms in total. The Hall–Kier alpha value is -0.120. The van der Waals surface area contributed by atoms with Gasteiger partial charge in [0.25, 0.3) is 0 Å². The number of rotatable bonds is 3. The Balaban J connectivity index is 3.58. The van der Waals surface area contributed by atoms with Crippen LogP contribution >= 0.6 is 0 Å². The highest BCUT2D eigenvalue weighted by Gasteiger charge is 2.14. The summed E-state index contributed by atoms with van der Waals surface area (Å²) in [5.74, 6) is 0.190. The van der Waals surface area contributed by atoms with Crippen molar-refractivity contribution in [2.45, 2.75) is 25.9 Å². The molecule has 0 bridgehead atoms. The van der Waals surface area contributed by atoms with Crippen LogP contribution in [-0.2, 0) is 0 Å². The smallest absolute Gasteiger partial charge is 0.0585 e. The molecule has 0 aliphatic rings. The van der Waals surface area contributed by atoms with Gasteiger partial charge in [0.1, 0.15) is 0 Å². The van der Waals surface area contributed by atoms with Crippen molar-refractivity contribution in [1.82, 2.24) is 0 Å². The second-order valence-electron chi connectivity index (χ2n) is 2.56. The van der Waals surface area contributed by atoms with Crippen molar-refractivity contribution in [1.29, 1.82) is 0 Å². The van der Waals surface area contributed by atoms with Crippen LogP contribution in [0.25, 0.3) is 0 Å². The Morgan fingerprint density at radius 1 is 1.33 bits per heavy atom. The topological polar surface area (TPSA) is 72.3 Å². The minimum atomic E-state index is -0.176. The van der Waals surface area contributed by atoms with Crippen LogP contribution in [0, 0.1) is 5.92 Å². The second-order valence-corrected chi connectivity index (χ2v) is 2.56. The van der Waals surface area contributed by atoms with Gasteiger partial charge in [0.2, 0.25) is 0 Å². The van der Waals surface area contributed by atoms with E-state index in [9.17, 15) is 0 Å². The van der Waals surface area contributed by atoms with Crippen LogP contribution in [0.4, 0.5) is 0 Å². The molecule has 0 heterocycles. The van der Waals surface area contributed by atoms with Gasteiger partial charge in [0.15, 0.2) is 0 Å². The fourth-order valence-corrected chi connectivity index (χ4v) is 0.556. The van der Waals surface area contributed by atoms with Gasteiger partial charge in [0.05, 0.1) is 6.61 Å². The number of hydrogen-bond donors (Lipinski definition) is 3. The Morgan fingerprint density at radius 3 is 1.89 bits per heavy atom. The lowest BCUT2D eigenvalue weighted by Gasteiger charge is -2.20. The number of aliphatic hydroxyl groups excluding tert-OH is 1. The molecular weight excluding hydrogens is 116 g/mol. The maximum atomic E-state index is 8.57. The second kappa shape index (κ2) is 3.82. The van der Waals surface area contributed by atoms with Crippen molar-refractivity contribution in [2.24, 2.45) is 17.4 Å². The van der Waals surface area contributed by atoms with Crippen LogP contribution < -0.4 is 11.5 Å². The van der Waals surface area contributed by atoms with Gasteiger partial charge < -0.3 is 16.6 Å². The molecule has 0 saturated heterocycles. The molecule has 0 spiro atoms. The Labute approximate surface area is 56.0 Å². The predicted molar refractivity (Wildman–Crippen MR) is 37.9 cm³/mol. The lowest BCUT2D eigenvalue weighted by Crippen LogP contribution is -2.41. The molecular formula is C6H16N2O. The standard InChI is InChI=1S/C6H16N2O/c1-4(5(2)7)6(8)3-9/h4-6,9H,3,7-8H2,1-2H3. The zero-order chi connectivity index (χ0) is 7.44. The first-order chi connectivity index (χ1) is 4.09. The Kier molecular flexibility index (Phi) is 3.77. The molecule has 0 fully saturated rings. The summed E-state index contributed by atoms with van der Waals surface area (Å²) >= 11 is 0. The van der Waals surface area contributed by atoms with Gasteiger partial charge in [-0.25, -0.2) is 0 Å². The van der Waals surface area contributed by atoms with E-state index in [-0.39, 0.29) is 24.6 Å². The van der Waals surface area contributed by atoms with Crippen LogP contribution in [0.2, 0.25) is 0 Å². The zero-order valence-electron chi connectivity index (χ0n) is 6.04. The lowest BCUT2D eigenvalue weighted by molar-refractivity contribution is 0.221. The van der Waals surface area contributed by atoms with E-state index in [1.54, 1.807) is 0 Å². The molecule has 0 aliphatic carbocycles. The van der Waals surface area contributed by atoms with Crippen molar-refractivity contribution in [3.8, 4) is 0 Å². The van der Waals surface area contributed by atoms with Gasteiger partial charge in [-0.15, -0.1) is 0 Å². The lowest BCUT2D eigenvalue weighted by atomic mass is 9.97. The number of nitrogens with two attached hydrogens (primary N) is 2. The molecule has 3 heteroatoms. The van der Waals surface area contributed by atoms with Crippen LogP contribution in [0.1, 0.15) is 13.8 Å². The summed E-state index contributed by atoms with van der Waals surface area (Å²) < 4.78 is 0. The molecule has 9 heavy (non-hydrogen) atoms. The SMILES string of the molecule is CC(N)C(C)C(N)CO. The van der Waals surface area contributed by atoms with Crippen molar-refractivity contribution < 1.29 is 5.11 Å². The first-order valence-corrected chi connectivity index (χ1v) is 3.21. The van der Waals surface area contributed by atoms with Gasteiger partial charge >= 0.3 is 0 Å².